The molecule has 0 spiro atoms. The summed E-state index contributed by atoms with van der Waals surface area (Å²) in [7, 11) is 0. The molecule has 1 unspecified atom stereocenters. The van der Waals surface area contributed by atoms with Gasteiger partial charge in [0.25, 0.3) is 0 Å². The lowest BCUT2D eigenvalue weighted by molar-refractivity contribution is 0.237. The molecule has 0 aromatic heterocycles. The molecular formula is C11H16OS. The Morgan fingerprint density at radius 1 is 1.31 bits per heavy atom. The summed E-state index contributed by atoms with van der Waals surface area (Å²) in [5.41, 5.74) is 1.30. The number of rotatable bonds is 4. The number of benzene rings is 1. The number of hydrogen-bond donors (Lipinski definition) is 1. The van der Waals surface area contributed by atoms with E-state index in [1.807, 2.05) is 0 Å². The molecule has 72 valence electrons. The summed E-state index contributed by atoms with van der Waals surface area (Å²) in [6, 6.07) is 8.53. The first-order valence-electron chi connectivity index (χ1n) is 4.50. The molecule has 0 aliphatic rings. The lowest BCUT2D eigenvalue weighted by Gasteiger charge is -2.07. The van der Waals surface area contributed by atoms with Gasteiger partial charge in [-0.2, -0.15) is 0 Å². The molecule has 0 radical (unpaired) electrons. The first-order chi connectivity index (χ1) is 6.26. The predicted molar refractivity (Wildman–Crippen MR) is 58.2 cm³/mol. The molecule has 0 saturated heterocycles. The minimum atomic E-state index is 0.268. The molecule has 1 aromatic carbocycles. The van der Waals surface area contributed by atoms with Crippen molar-refractivity contribution in [2.24, 2.45) is 5.92 Å². The summed E-state index contributed by atoms with van der Waals surface area (Å²) in [6.45, 7) is 2.33. The Balaban J connectivity index is 2.58. The summed E-state index contributed by atoms with van der Waals surface area (Å²) in [4.78, 5) is 1.29. The van der Waals surface area contributed by atoms with Crippen molar-refractivity contribution >= 4 is 11.8 Å². The van der Waals surface area contributed by atoms with E-state index in [9.17, 15) is 0 Å². The highest BCUT2D eigenvalue weighted by Gasteiger charge is 2.01. The summed E-state index contributed by atoms with van der Waals surface area (Å²) in [5.74, 6) is 0.361. The Hall–Kier alpha value is -0.470. The van der Waals surface area contributed by atoms with Gasteiger partial charge in [0.2, 0.25) is 0 Å². The van der Waals surface area contributed by atoms with Gasteiger partial charge in [0.1, 0.15) is 0 Å². The van der Waals surface area contributed by atoms with Gasteiger partial charge in [0.15, 0.2) is 0 Å². The van der Waals surface area contributed by atoms with Gasteiger partial charge in [-0.1, -0.05) is 19.1 Å². The fourth-order valence-electron chi connectivity index (χ4n) is 1.23. The molecule has 1 aromatic rings. The van der Waals surface area contributed by atoms with Crippen molar-refractivity contribution in [3.8, 4) is 0 Å². The highest BCUT2D eigenvalue weighted by molar-refractivity contribution is 7.98. The van der Waals surface area contributed by atoms with E-state index in [1.165, 1.54) is 10.5 Å². The van der Waals surface area contributed by atoms with Crippen LogP contribution in [-0.4, -0.2) is 18.0 Å². The van der Waals surface area contributed by atoms with E-state index in [4.69, 9.17) is 5.11 Å². The maximum absolute atomic E-state index is 8.89. The molecule has 0 aliphatic heterocycles. The molecule has 1 nitrogen and oxygen atoms in total. The van der Waals surface area contributed by atoms with Crippen LogP contribution in [0.3, 0.4) is 0 Å². The van der Waals surface area contributed by atoms with E-state index in [2.05, 4.69) is 37.4 Å². The van der Waals surface area contributed by atoms with Crippen LogP contribution in [-0.2, 0) is 6.42 Å². The molecule has 1 N–H and O–H groups in total. The molecule has 0 fully saturated rings. The fourth-order valence-corrected chi connectivity index (χ4v) is 1.64. The zero-order chi connectivity index (χ0) is 9.68. The van der Waals surface area contributed by atoms with Crippen LogP contribution in [0.5, 0.6) is 0 Å². The highest BCUT2D eigenvalue weighted by Crippen LogP contribution is 2.16. The first-order valence-corrected chi connectivity index (χ1v) is 5.72. The zero-order valence-corrected chi connectivity index (χ0v) is 8.97. The van der Waals surface area contributed by atoms with E-state index < -0.39 is 0 Å². The van der Waals surface area contributed by atoms with Crippen LogP contribution in [0.2, 0.25) is 0 Å². The van der Waals surface area contributed by atoms with Crippen molar-refractivity contribution in [1.29, 1.82) is 0 Å². The third-order valence-corrected chi connectivity index (χ3v) is 2.80. The Kier molecular flexibility index (Phi) is 4.33. The molecule has 1 atom stereocenters. The summed E-state index contributed by atoms with van der Waals surface area (Å²) in [5, 5.41) is 8.89. The van der Waals surface area contributed by atoms with E-state index in [-0.39, 0.29) is 6.61 Å². The number of aliphatic hydroxyl groups excluding tert-OH is 1. The third-order valence-electron chi connectivity index (χ3n) is 2.05. The standard InChI is InChI=1S/C11H16OS/c1-9(8-12)7-10-3-5-11(13-2)6-4-10/h3-6,9,12H,7-8H2,1-2H3. The lowest BCUT2D eigenvalue weighted by atomic mass is 10.0. The number of thioether (sulfide) groups is 1. The summed E-state index contributed by atoms with van der Waals surface area (Å²) in [6.07, 6.45) is 3.04. The topological polar surface area (TPSA) is 20.2 Å². The van der Waals surface area contributed by atoms with Crippen molar-refractivity contribution in [1.82, 2.24) is 0 Å². The SMILES string of the molecule is CSc1ccc(CC(C)CO)cc1. The van der Waals surface area contributed by atoms with E-state index in [0.29, 0.717) is 5.92 Å². The third kappa shape index (κ3) is 3.41. The molecule has 2 heteroatoms. The maximum Gasteiger partial charge on any atom is 0.0459 e. The second-order valence-corrected chi connectivity index (χ2v) is 4.22. The van der Waals surface area contributed by atoms with Gasteiger partial charge in [0.05, 0.1) is 0 Å². The van der Waals surface area contributed by atoms with Crippen molar-refractivity contribution in [2.45, 2.75) is 18.2 Å². The molecular weight excluding hydrogens is 180 g/mol. The lowest BCUT2D eigenvalue weighted by Crippen LogP contribution is -2.04. The van der Waals surface area contributed by atoms with Gasteiger partial charge >= 0.3 is 0 Å². The van der Waals surface area contributed by atoms with Gasteiger partial charge in [-0.15, -0.1) is 11.8 Å². The highest BCUT2D eigenvalue weighted by atomic mass is 32.2. The molecule has 13 heavy (non-hydrogen) atoms. The van der Waals surface area contributed by atoms with Gasteiger partial charge < -0.3 is 5.11 Å². The second kappa shape index (κ2) is 5.30. The van der Waals surface area contributed by atoms with E-state index in [0.717, 1.165) is 6.42 Å². The van der Waals surface area contributed by atoms with Crippen molar-refractivity contribution < 1.29 is 5.11 Å². The maximum atomic E-state index is 8.89. The Morgan fingerprint density at radius 3 is 2.38 bits per heavy atom. The normalized spacial score (nSPS) is 12.8. The van der Waals surface area contributed by atoms with Crippen LogP contribution in [0.4, 0.5) is 0 Å². The largest absolute Gasteiger partial charge is 0.396 e. The first kappa shape index (κ1) is 10.6. The predicted octanol–water partition coefficient (Wildman–Crippen LogP) is 2.58. The smallest absolute Gasteiger partial charge is 0.0459 e. The second-order valence-electron chi connectivity index (χ2n) is 3.34. The van der Waals surface area contributed by atoms with Crippen LogP contribution in [0.1, 0.15) is 12.5 Å². The van der Waals surface area contributed by atoms with Gasteiger partial charge in [0, 0.05) is 11.5 Å². The molecule has 0 amide bonds. The van der Waals surface area contributed by atoms with Gasteiger partial charge in [-0.25, -0.2) is 0 Å². The minimum absolute atomic E-state index is 0.268. The monoisotopic (exact) mass is 196 g/mol. The van der Waals surface area contributed by atoms with E-state index >= 15 is 0 Å². The van der Waals surface area contributed by atoms with Crippen LogP contribution >= 0.6 is 11.8 Å². The molecule has 0 heterocycles. The van der Waals surface area contributed by atoms with Gasteiger partial charge in [-0.3, -0.25) is 0 Å². The molecule has 0 aliphatic carbocycles. The Labute approximate surface area is 84.2 Å². The number of aliphatic hydroxyl groups is 1. The number of hydrogen-bond acceptors (Lipinski definition) is 2. The minimum Gasteiger partial charge on any atom is -0.396 e. The Bertz CT molecular complexity index is 243. The quantitative estimate of drug-likeness (QED) is 0.747. The molecule has 1 rings (SSSR count). The average molecular weight is 196 g/mol. The van der Waals surface area contributed by atoms with Crippen molar-refractivity contribution in [3.63, 3.8) is 0 Å². The zero-order valence-electron chi connectivity index (χ0n) is 8.16. The van der Waals surface area contributed by atoms with Crippen molar-refractivity contribution in [2.75, 3.05) is 12.9 Å². The molecule has 0 bridgehead atoms. The summed E-state index contributed by atoms with van der Waals surface area (Å²) < 4.78 is 0. The van der Waals surface area contributed by atoms with Crippen LogP contribution in [0, 0.1) is 5.92 Å². The molecule has 0 saturated carbocycles. The Morgan fingerprint density at radius 2 is 1.92 bits per heavy atom. The average Bonchev–Trinajstić information content (AvgIpc) is 2.19. The van der Waals surface area contributed by atoms with Crippen LogP contribution < -0.4 is 0 Å². The van der Waals surface area contributed by atoms with Crippen molar-refractivity contribution in [3.05, 3.63) is 29.8 Å². The van der Waals surface area contributed by atoms with E-state index in [1.54, 1.807) is 11.8 Å². The summed E-state index contributed by atoms with van der Waals surface area (Å²) >= 11 is 1.75. The fraction of sp³-hybridized carbons (Fsp3) is 0.455. The van der Waals surface area contributed by atoms with Gasteiger partial charge in [-0.05, 0) is 36.3 Å². The van der Waals surface area contributed by atoms with Crippen LogP contribution in [0.15, 0.2) is 29.2 Å². The van der Waals surface area contributed by atoms with Crippen LogP contribution in [0.25, 0.3) is 0 Å².